The number of nitrogens with zero attached hydrogens (tertiary/aromatic N) is 2. The van der Waals surface area contributed by atoms with Crippen molar-refractivity contribution in [3.63, 3.8) is 0 Å². The van der Waals surface area contributed by atoms with Crippen LogP contribution in [0.5, 0.6) is 11.5 Å². The van der Waals surface area contributed by atoms with Gasteiger partial charge in [-0.05, 0) is 86.3 Å². The summed E-state index contributed by atoms with van der Waals surface area (Å²) in [4.78, 5) is 17.5. The molecule has 0 atom stereocenters. The first-order chi connectivity index (χ1) is 16.5. The molecule has 176 valence electrons. The van der Waals surface area contributed by atoms with Gasteiger partial charge < -0.3 is 9.64 Å². The Morgan fingerprint density at radius 2 is 1.59 bits per heavy atom. The molecule has 0 aromatic heterocycles. The number of ether oxygens (including phenoxy) is 1. The number of carbonyl (C=O) groups excluding carboxylic acids is 1. The summed E-state index contributed by atoms with van der Waals surface area (Å²) in [6.07, 6.45) is 3.29. The van der Waals surface area contributed by atoms with Crippen LogP contribution >= 0.6 is 23.2 Å². The predicted molar refractivity (Wildman–Crippen MR) is 137 cm³/mol. The standard InChI is InChI=1S/C28H28Cl2N2O2/c29-23-10-8-21(9-11-23)27(33)32-17-14-28(20-32)12-15-31(16-13-28)19-22-4-1-2-7-26(22)34-25-6-3-5-24(30)18-25/h1-11,18H,12-17,19-20H2. The van der Waals surface area contributed by atoms with Crippen molar-refractivity contribution in [3.8, 4) is 11.5 Å². The summed E-state index contributed by atoms with van der Waals surface area (Å²) in [5.74, 6) is 1.72. The highest BCUT2D eigenvalue weighted by Gasteiger charge is 2.42. The lowest BCUT2D eigenvalue weighted by Crippen LogP contribution is -2.42. The van der Waals surface area contributed by atoms with E-state index in [1.54, 1.807) is 12.1 Å². The molecule has 1 amide bonds. The summed E-state index contributed by atoms with van der Waals surface area (Å²) < 4.78 is 6.15. The van der Waals surface area contributed by atoms with E-state index >= 15 is 0 Å². The van der Waals surface area contributed by atoms with Gasteiger partial charge in [-0.2, -0.15) is 0 Å². The van der Waals surface area contributed by atoms with Crippen molar-refractivity contribution in [2.24, 2.45) is 5.41 Å². The largest absolute Gasteiger partial charge is 0.457 e. The molecule has 0 bridgehead atoms. The van der Waals surface area contributed by atoms with E-state index in [9.17, 15) is 4.79 Å². The molecule has 2 fully saturated rings. The highest BCUT2D eigenvalue weighted by Crippen LogP contribution is 2.41. The molecule has 0 saturated carbocycles. The monoisotopic (exact) mass is 494 g/mol. The highest BCUT2D eigenvalue weighted by molar-refractivity contribution is 6.31. The van der Waals surface area contributed by atoms with Crippen LogP contribution in [0.2, 0.25) is 10.0 Å². The molecule has 0 unspecified atom stereocenters. The van der Waals surface area contributed by atoms with Crippen molar-refractivity contribution in [3.05, 3.63) is 94.0 Å². The quantitative estimate of drug-likeness (QED) is 0.386. The lowest BCUT2D eigenvalue weighted by Gasteiger charge is -2.39. The molecule has 3 aromatic rings. The van der Waals surface area contributed by atoms with Gasteiger partial charge in [0, 0.05) is 40.8 Å². The molecule has 2 heterocycles. The third-order valence-corrected chi connectivity index (χ3v) is 7.61. The number of rotatable bonds is 5. The highest BCUT2D eigenvalue weighted by atomic mass is 35.5. The lowest BCUT2D eigenvalue weighted by molar-refractivity contribution is 0.0713. The van der Waals surface area contributed by atoms with Crippen molar-refractivity contribution in [1.29, 1.82) is 0 Å². The topological polar surface area (TPSA) is 32.8 Å². The molecule has 2 aliphatic heterocycles. The van der Waals surface area contributed by atoms with Gasteiger partial charge in [-0.15, -0.1) is 0 Å². The summed E-state index contributed by atoms with van der Waals surface area (Å²) in [5.41, 5.74) is 2.12. The first-order valence-corrected chi connectivity index (χ1v) is 12.5. The average Bonchev–Trinajstić information content (AvgIpc) is 3.26. The van der Waals surface area contributed by atoms with E-state index in [-0.39, 0.29) is 11.3 Å². The minimum absolute atomic E-state index is 0.114. The predicted octanol–water partition coefficient (Wildman–Crippen LogP) is 6.91. The van der Waals surface area contributed by atoms with Crippen LogP contribution in [0.1, 0.15) is 35.2 Å². The minimum Gasteiger partial charge on any atom is -0.457 e. The maximum absolute atomic E-state index is 12.9. The Morgan fingerprint density at radius 3 is 2.35 bits per heavy atom. The van der Waals surface area contributed by atoms with Crippen LogP contribution in [0.15, 0.2) is 72.8 Å². The van der Waals surface area contributed by atoms with Crippen LogP contribution < -0.4 is 4.74 Å². The van der Waals surface area contributed by atoms with Gasteiger partial charge in [-0.1, -0.05) is 47.5 Å². The fourth-order valence-electron chi connectivity index (χ4n) is 5.11. The number of halogens is 2. The van der Waals surface area contributed by atoms with Crippen molar-refractivity contribution < 1.29 is 9.53 Å². The number of hydrogen-bond acceptors (Lipinski definition) is 3. The van der Waals surface area contributed by atoms with Crippen molar-refractivity contribution in [1.82, 2.24) is 9.80 Å². The van der Waals surface area contributed by atoms with E-state index in [4.69, 9.17) is 27.9 Å². The van der Waals surface area contributed by atoms with Gasteiger partial charge in [0.15, 0.2) is 0 Å². The zero-order valence-electron chi connectivity index (χ0n) is 19.1. The van der Waals surface area contributed by atoms with Gasteiger partial charge in [0.25, 0.3) is 5.91 Å². The Morgan fingerprint density at radius 1 is 0.853 bits per heavy atom. The smallest absolute Gasteiger partial charge is 0.253 e. The normalized spacial score (nSPS) is 17.8. The van der Waals surface area contributed by atoms with Crippen molar-refractivity contribution >= 4 is 29.1 Å². The Balaban J connectivity index is 1.19. The SMILES string of the molecule is O=C(c1ccc(Cl)cc1)N1CCC2(CCN(Cc3ccccc3Oc3cccc(Cl)c3)CC2)C1. The van der Waals surface area contributed by atoms with Crippen molar-refractivity contribution in [2.45, 2.75) is 25.8 Å². The first-order valence-electron chi connectivity index (χ1n) is 11.8. The third kappa shape index (κ3) is 5.25. The second-order valence-electron chi connectivity index (χ2n) is 9.43. The van der Waals surface area contributed by atoms with Crippen LogP contribution in [0, 0.1) is 5.41 Å². The van der Waals surface area contributed by atoms with Gasteiger partial charge in [-0.25, -0.2) is 0 Å². The second-order valence-corrected chi connectivity index (χ2v) is 10.3. The summed E-state index contributed by atoms with van der Waals surface area (Å²) in [5, 5.41) is 1.32. The van der Waals surface area contributed by atoms with Crippen molar-refractivity contribution in [2.75, 3.05) is 26.2 Å². The molecule has 2 aliphatic rings. The average molecular weight is 495 g/mol. The molecule has 6 heteroatoms. The van der Waals surface area contributed by atoms with Gasteiger partial charge in [0.1, 0.15) is 11.5 Å². The molecule has 2 saturated heterocycles. The summed E-state index contributed by atoms with van der Waals surface area (Å²) in [6.45, 7) is 4.57. The van der Waals surface area contributed by atoms with Gasteiger partial charge in [0.05, 0.1) is 0 Å². The van der Waals surface area contributed by atoms with E-state index < -0.39 is 0 Å². The zero-order chi connectivity index (χ0) is 23.5. The van der Waals surface area contributed by atoms with Crippen LogP contribution in [-0.4, -0.2) is 41.9 Å². The maximum atomic E-state index is 12.9. The van der Waals surface area contributed by atoms with E-state index in [0.717, 1.165) is 69.0 Å². The summed E-state index contributed by atoms with van der Waals surface area (Å²) in [6, 6.07) is 22.9. The Hall–Kier alpha value is -2.53. The minimum atomic E-state index is 0.114. The molecule has 1 spiro atoms. The number of piperidine rings is 1. The molecule has 3 aromatic carbocycles. The molecule has 0 radical (unpaired) electrons. The molecule has 4 nitrogen and oxygen atoms in total. The number of carbonyl (C=O) groups is 1. The fraction of sp³-hybridized carbons (Fsp3) is 0.321. The summed E-state index contributed by atoms with van der Waals surface area (Å²) >= 11 is 12.1. The molecular formula is C28H28Cl2N2O2. The molecule has 0 N–H and O–H groups in total. The van der Waals surface area contributed by atoms with Gasteiger partial charge in [0.2, 0.25) is 0 Å². The summed E-state index contributed by atoms with van der Waals surface area (Å²) in [7, 11) is 0. The number of para-hydroxylation sites is 1. The third-order valence-electron chi connectivity index (χ3n) is 7.12. The molecule has 34 heavy (non-hydrogen) atoms. The Bertz CT molecular complexity index is 1160. The second kappa shape index (κ2) is 9.99. The number of likely N-dealkylation sites (tertiary alicyclic amines) is 2. The van der Waals surface area contributed by atoms with Crippen LogP contribution in [-0.2, 0) is 6.54 Å². The molecular weight excluding hydrogens is 467 g/mol. The number of amides is 1. The Kier molecular flexibility index (Phi) is 6.82. The zero-order valence-corrected chi connectivity index (χ0v) is 20.6. The molecule has 5 rings (SSSR count). The number of hydrogen-bond donors (Lipinski definition) is 0. The van der Waals surface area contributed by atoms with E-state index in [2.05, 4.69) is 17.0 Å². The maximum Gasteiger partial charge on any atom is 0.253 e. The van der Waals surface area contributed by atoms with Gasteiger partial charge >= 0.3 is 0 Å². The fourth-order valence-corrected chi connectivity index (χ4v) is 5.42. The first kappa shape index (κ1) is 23.2. The lowest BCUT2D eigenvalue weighted by atomic mass is 9.77. The van der Waals surface area contributed by atoms with E-state index in [0.29, 0.717) is 10.0 Å². The van der Waals surface area contributed by atoms with Crippen LogP contribution in [0.3, 0.4) is 0 Å². The Labute approximate surface area is 211 Å². The van der Waals surface area contributed by atoms with E-state index in [1.165, 1.54) is 5.56 Å². The van der Waals surface area contributed by atoms with Crippen LogP contribution in [0.25, 0.3) is 0 Å². The van der Waals surface area contributed by atoms with E-state index in [1.807, 2.05) is 53.4 Å². The van der Waals surface area contributed by atoms with Gasteiger partial charge in [-0.3, -0.25) is 9.69 Å². The molecule has 0 aliphatic carbocycles. The van der Waals surface area contributed by atoms with Crippen LogP contribution in [0.4, 0.5) is 0 Å². The number of benzene rings is 3.